The molecule has 1 aliphatic heterocycles. The minimum atomic E-state index is -3.74. The van der Waals surface area contributed by atoms with Gasteiger partial charge in [0.25, 0.3) is 0 Å². The smallest absolute Gasteiger partial charge is 0.211 e. The summed E-state index contributed by atoms with van der Waals surface area (Å²) in [6, 6.07) is 7.62. The molecule has 20 heavy (non-hydrogen) atoms. The monoisotopic (exact) mass is 291 g/mol. The highest BCUT2D eigenvalue weighted by Gasteiger charge is 2.31. The predicted octanol–water partition coefficient (Wildman–Crippen LogP) is 1.05. The van der Waals surface area contributed by atoms with Crippen molar-refractivity contribution in [1.29, 1.82) is 5.26 Å². The highest BCUT2D eigenvalue weighted by molar-refractivity contribution is 7.89. The Hall–Kier alpha value is -2.00. The van der Waals surface area contributed by atoms with Gasteiger partial charge in [-0.1, -0.05) is 12.1 Å². The average molecular weight is 291 g/mol. The largest absolute Gasteiger partial charge is 0.244 e. The van der Waals surface area contributed by atoms with E-state index in [-0.39, 0.29) is 23.0 Å². The topological polar surface area (TPSA) is 90.6 Å². The number of isocyanates is 1. The number of piperidine rings is 1. The molecule has 6 nitrogen and oxygen atoms in total. The molecule has 0 spiro atoms. The summed E-state index contributed by atoms with van der Waals surface area (Å²) in [4.78, 5) is 13.9. The van der Waals surface area contributed by atoms with Crippen LogP contribution in [-0.2, 0) is 14.8 Å². The molecule has 7 heteroatoms. The Morgan fingerprint density at radius 2 is 2.10 bits per heavy atom. The molecule has 1 aromatic carbocycles. The molecule has 1 atom stereocenters. The summed E-state index contributed by atoms with van der Waals surface area (Å²) < 4.78 is 26.4. The van der Waals surface area contributed by atoms with Crippen LogP contribution in [0.3, 0.4) is 0 Å². The van der Waals surface area contributed by atoms with Crippen LogP contribution < -0.4 is 0 Å². The first-order chi connectivity index (χ1) is 9.59. The van der Waals surface area contributed by atoms with Gasteiger partial charge in [-0.3, -0.25) is 0 Å². The van der Waals surface area contributed by atoms with E-state index < -0.39 is 10.0 Å². The SMILES string of the molecule is N#Cc1ccccc1S(=O)(=O)N1CCCC(N=C=O)C1. The molecule has 0 saturated carbocycles. The first kappa shape index (κ1) is 14.4. The highest BCUT2D eigenvalue weighted by Crippen LogP contribution is 2.24. The van der Waals surface area contributed by atoms with E-state index in [4.69, 9.17) is 5.26 Å². The Bertz CT molecular complexity index is 687. The maximum atomic E-state index is 12.6. The Morgan fingerprint density at radius 1 is 1.35 bits per heavy atom. The molecule has 1 heterocycles. The molecule has 0 radical (unpaired) electrons. The molecule has 0 bridgehead atoms. The van der Waals surface area contributed by atoms with Gasteiger partial charge in [-0.2, -0.15) is 9.57 Å². The molecule has 1 saturated heterocycles. The number of aliphatic imine (C=N–C) groups is 1. The Kier molecular flexibility index (Phi) is 4.30. The summed E-state index contributed by atoms with van der Waals surface area (Å²) in [5.41, 5.74) is 0.119. The van der Waals surface area contributed by atoms with Crippen LogP contribution in [0.15, 0.2) is 34.2 Å². The van der Waals surface area contributed by atoms with E-state index >= 15 is 0 Å². The highest BCUT2D eigenvalue weighted by atomic mass is 32.2. The van der Waals surface area contributed by atoms with Gasteiger partial charge in [0.15, 0.2) is 0 Å². The lowest BCUT2D eigenvalue weighted by molar-refractivity contribution is 0.316. The second-order valence-corrected chi connectivity index (χ2v) is 6.39. The van der Waals surface area contributed by atoms with Gasteiger partial charge < -0.3 is 0 Å². The molecule has 0 N–H and O–H groups in total. The number of hydrogen-bond donors (Lipinski definition) is 0. The fourth-order valence-electron chi connectivity index (χ4n) is 2.24. The van der Waals surface area contributed by atoms with Gasteiger partial charge in [0.1, 0.15) is 6.07 Å². The van der Waals surface area contributed by atoms with Crippen LogP contribution in [0.4, 0.5) is 0 Å². The lowest BCUT2D eigenvalue weighted by Gasteiger charge is -2.29. The van der Waals surface area contributed by atoms with Gasteiger partial charge in [0.05, 0.1) is 16.5 Å². The van der Waals surface area contributed by atoms with Gasteiger partial charge >= 0.3 is 0 Å². The van der Waals surface area contributed by atoms with E-state index in [9.17, 15) is 13.2 Å². The Labute approximate surface area is 117 Å². The quantitative estimate of drug-likeness (QED) is 0.614. The molecule has 0 aromatic heterocycles. The molecular weight excluding hydrogens is 278 g/mol. The van der Waals surface area contributed by atoms with Crippen LogP contribution in [0, 0.1) is 11.3 Å². The van der Waals surface area contributed by atoms with Gasteiger partial charge in [0.2, 0.25) is 16.1 Å². The van der Waals surface area contributed by atoms with Gasteiger partial charge in [-0.25, -0.2) is 18.2 Å². The van der Waals surface area contributed by atoms with Crippen molar-refractivity contribution in [3.05, 3.63) is 29.8 Å². The third-order valence-electron chi connectivity index (χ3n) is 3.22. The molecule has 1 fully saturated rings. The Balaban J connectivity index is 2.35. The molecule has 2 rings (SSSR count). The zero-order valence-corrected chi connectivity index (χ0v) is 11.5. The van der Waals surface area contributed by atoms with Crippen LogP contribution in [0.2, 0.25) is 0 Å². The zero-order valence-electron chi connectivity index (χ0n) is 10.7. The average Bonchev–Trinajstić information content (AvgIpc) is 2.48. The summed E-state index contributed by atoms with van der Waals surface area (Å²) in [7, 11) is -3.74. The number of nitriles is 1. The summed E-state index contributed by atoms with van der Waals surface area (Å²) in [6.07, 6.45) is 2.77. The third-order valence-corrected chi connectivity index (χ3v) is 5.14. The van der Waals surface area contributed by atoms with E-state index in [1.54, 1.807) is 12.1 Å². The fraction of sp³-hybridized carbons (Fsp3) is 0.385. The van der Waals surface area contributed by atoms with Crippen LogP contribution in [0.5, 0.6) is 0 Å². The van der Waals surface area contributed by atoms with Gasteiger partial charge in [-0.05, 0) is 25.0 Å². The summed E-state index contributed by atoms with van der Waals surface area (Å²) in [5, 5.41) is 9.01. The van der Waals surface area contributed by atoms with Crippen molar-refractivity contribution >= 4 is 16.1 Å². The lowest BCUT2D eigenvalue weighted by Crippen LogP contribution is -2.41. The molecule has 1 unspecified atom stereocenters. The van der Waals surface area contributed by atoms with Crippen LogP contribution in [0.25, 0.3) is 0 Å². The number of rotatable bonds is 3. The summed E-state index contributed by atoms with van der Waals surface area (Å²) in [5.74, 6) is 0. The number of sulfonamides is 1. The second-order valence-electron chi connectivity index (χ2n) is 4.49. The van der Waals surface area contributed by atoms with Crippen LogP contribution in [0.1, 0.15) is 18.4 Å². The van der Waals surface area contributed by atoms with Crippen molar-refractivity contribution < 1.29 is 13.2 Å². The molecular formula is C13H13N3O3S. The molecule has 0 amide bonds. The van der Waals surface area contributed by atoms with Crippen molar-refractivity contribution in [2.75, 3.05) is 13.1 Å². The standard InChI is InChI=1S/C13H13N3O3S/c14-8-11-4-1-2-6-13(11)20(18,19)16-7-3-5-12(9-16)15-10-17/h1-2,4,6,12H,3,5,7,9H2. The minimum Gasteiger partial charge on any atom is -0.211 e. The van der Waals surface area contributed by atoms with E-state index in [2.05, 4.69) is 4.99 Å². The lowest BCUT2D eigenvalue weighted by atomic mass is 10.1. The maximum Gasteiger partial charge on any atom is 0.244 e. The van der Waals surface area contributed by atoms with Crippen molar-refractivity contribution in [1.82, 2.24) is 4.31 Å². The van der Waals surface area contributed by atoms with E-state index in [0.717, 1.165) is 0 Å². The van der Waals surface area contributed by atoms with Crippen molar-refractivity contribution in [3.63, 3.8) is 0 Å². The summed E-state index contributed by atoms with van der Waals surface area (Å²) >= 11 is 0. The summed E-state index contributed by atoms with van der Waals surface area (Å²) in [6.45, 7) is 0.518. The van der Waals surface area contributed by atoms with Crippen LogP contribution in [-0.4, -0.2) is 37.9 Å². The number of nitrogens with zero attached hydrogens (tertiary/aromatic N) is 3. The van der Waals surface area contributed by atoms with Crippen molar-refractivity contribution in [2.45, 2.75) is 23.8 Å². The van der Waals surface area contributed by atoms with Crippen molar-refractivity contribution in [2.24, 2.45) is 4.99 Å². The number of hydrogen-bond acceptors (Lipinski definition) is 5. The van der Waals surface area contributed by atoms with E-state index in [1.165, 1.54) is 22.5 Å². The van der Waals surface area contributed by atoms with Gasteiger partial charge in [0, 0.05) is 13.1 Å². The van der Waals surface area contributed by atoms with Crippen LogP contribution >= 0.6 is 0 Å². The second kappa shape index (κ2) is 5.97. The van der Waals surface area contributed by atoms with Gasteiger partial charge in [-0.15, -0.1) is 0 Å². The van der Waals surface area contributed by atoms with Crippen molar-refractivity contribution in [3.8, 4) is 6.07 Å². The number of benzene rings is 1. The zero-order chi connectivity index (χ0) is 14.6. The predicted molar refractivity (Wildman–Crippen MR) is 71.1 cm³/mol. The number of carbonyl (C=O) groups excluding carboxylic acids is 1. The molecule has 104 valence electrons. The normalized spacial score (nSPS) is 19.9. The first-order valence-electron chi connectivity index (χ1n) is 6.16. The third kappa shape index (κ3) is 2.78. The van der Waals surface area contributed by atoms with E-state index in [0.29, 0.717) is 19.4 Å². The molecule has 0 aliphatic carbocycles. The fourth-order valence-corrected chi connectivity index (χ4v) is 3.90. The maximum absolute atomic E-state index is 12.6. The first-order valence-corrected chi connectivity index (χ1v) is 7.60. The molecule has 1 aliphatic rings. The van der Waals surface area contributed by atoms with E-state index in [1.807, 2.05) is 6.07 Å². The molecule has 1 aromatic rings. The minimum absolute atomic E-state index is 0.00164. The Morgan fingerprint density at radius 3 is 2.80 bits per heavy atom.